The Morgan fingerprint density at radius 2 is 2.19 bits per heavy atom. The predicted octanol–water partition coefficient (Wildman–Crippen LogP) is 4.31. The number of fused-ring (bicyclic) bond motifs is 2. The summed E-state index contributed by atoms with van der Waals surface area (Å²) in [5.74, 6) is -2.30. The molecule has 1 saturated heterocycles. The van der Waals surface area contributed by atoms with E-state index in [1.54, 1.807) is 19.1 Å². The number of benzene rings is 1. The van der Waals surface area contributed by atoms with Crippen molar-refractivity contribution >= 4 is 37.1 Å². The van der Waals surface area contributed by atoms with Crippen molar-refractivity contribution in [2.45, 2.75) is 38.0 Å². The van der Waals surface area contributed by atoms with E-state index in [0.717, 1.165) is 5.69 Å². The van der Waals surface area contributed by atoms with Crippen molar-refractivity contribution in [3.05, 3.63) is 36.2 Å². The number of nitrogens with two attached hydrogens (primary N) is 1. The Balaban J connectivity index is 1.31. The standard InChI is InChI=1S/C22H24F2N6O5P/c1-3-32-18-16-17(28-20(25)29-18)30(12-27-16)19-21(2,23)10-22(24,34-19)11-33-36(31)35-15-8-4-7-14-13(15)6-5-9-26-14/h4-8,12,19,26H,3,9-11H2,1-2H3,(H2,25,28,29)/q+1. The van der Waals surface area contributed by atoms with Crippen LogP contribution in [0.4, 0.5) is 20.4 Å². The maximum absolute atomic E-state index is 15.6. The van der Waals surface area contributed by atoms with Gasteiger partial charge in [-0.1, -0.05) is 18.2 Å². The zero-order valence-corrected chi connectivity index (χ0v) is 20.4. The lowest BCUT2D eigenvalue weighted by molar-refractivity contribution is -0.176. The van der Waals surface area contributed by atoms with E-state index in [-0.39, 0.29) is 23.0 Å². The zero-order valence-electron chi connectivity index (χ0n) is 19.5. The molecule has 2 aliphatic rings. The van der Waals surface area contributed by atoms with Crippen LogP contribution in [0.5, 0.6) is 11.6 Å². The maximum Gasteiger partial charge on any atom is 0.750 e. The van der Waals surface area contributed by atoms with Crippen LogP contribution in [0.25, 0.3) is 17.2 Å². The Hall–Kier alpha value is -3.41. The van der Waals surface area contributed by atoms with Gasteiger partial charge in [0.05, 0.1) is 12.9 Å². The highest BCUT2D eigenvalue weighted by molar-refractivity contribution is 7.33. The van der Waals surface area contributed by atoms with Gasteiger partial charge in [0.1, 0.15) is 0 Å². The van der Waals surface area contributed by atoms with Gasteiger partial charge in [-0.2, -0.15) is 9.97 Å². The Bertz CT molecular complexity index is 1350. The summed E-state index contributed by atoms with van der Waals surface area (Å²) in [6, 6.07) is 5.19. The predicted molar refractivity (Wildman–Crippen MR) is 127 cm³/mol. The fraction of sp³-hybridized carbons (Fsp3) is 0.409. The second kappa shape index (κ2) is 9.23. The van der Waals surface area contributed by atoms with Crippen LogP contribution in [-0.4, -0.2) is 50.8 Å². The number of nitrogens with one attached hydrogen (secondary N) is 1. The van der Waals surface area contributed by atoms with Crippen LogP contribution in [0.3, 0.4) is 0 Å². The molecule has 3 N–H and O–H groups in total. The third-order valence-corrected chi connectivity index (χ3v) is 6.39. The zero-order chi connectivity index (χ0) is 25.5. The van der Waals surface area contributed by atoms with E-state index in [1.165, 1.54) is 17.8 Å². The third kappa shape index (κ3) is 4.57. The van der Waals surface area contributed by atoms with Gasteiger partial charge < -0.3 is 20.5 Å². The molecule has 3 aromatic rings. The molecular formula is C22H24F2N6O5P+. The van der Waals surface area contributed by atoms with Crippen LogP contribution >= 0.6 is 8.25 Å². The average molecular weight is 521 g/mol. The molecule has 0 spiro atoms. The summed E-state index contributed by atoms with van der Waals surface area (Å²) in [4.78, 5) is 12.3. The van der Waals surface area contributed by atoms with Crippen LogP contribution in [0.2, 0.25) is 0 Å². The Labute approximate surface area is 205 Å². The number of aromatic nitrogens is 4. The highest BCUT2D eigenvalue weighted by Crippen LogP contribution is 2.49. The van der Waals surface area contributed by atoms with Gasteiger partial charge in [-0.15, -0.1) is 4.52 Å². The largest absolute Gasteiger partial charge is 0.750 e. The lowest BCUT2D eigenvalue weighted by Crippen LogP contribution is -2.29. The fourth-order valence-electron chi connectivity index (χ4n) is 4.27. The number of hydrogen-bond acceptors (Lipinski definition) is 10. The quantitative estimate of drug-likeness (QED) is 0.413. The Morgan fingerprint density at radius 1 is 1.36 bits per heavy atom. The number of hydrogen-bond donors (Lipinski definition) is 2. The highest BCUT2D eigenvalue weighted by atomic mass is 31.1. The SMILES string of the molecule is CCOc1nc(N)nc2c1ncn2C1OC(F)(CO[P+](=O)Oc2cccc3c2C=CCN3)CC1(C)F. The van der Waals surface area contributed by atoms with E-state index in [2.05, 4.69) is 20.3 Å². The molecule has 190 valence electrons. The first-order valence-electron chi connectivity index (χ1n) is 11.2. The lowest BCUT2D eigenvalue weighted by atomic mass is 10.0. The third-order valence-electron chi connectivity index (χ3n) is 5.71. The first kappa shape index (κ1) is 24.3. The highest BCUT2D eigenvalue weighted by Gasteiger charge is 2.58. The van der Waals surface area contributed by atoms with Gasteiger partial charge in [0.15, 0.2) is 35.4 Å². The van der Waals surface area contributed by atoms with Gasteiger partial charge in [0.25, 0.3) is 0 Å². The smallest absolute Gasteiger partial charge is 0.476 e. The molecule has 0 aliphatic carbocycles. The van der Waals surface area contributed by atoms with Gasteiger partial charge in [0.2, 0.25) is 17.7 Å². The van der Waals surface area contributed by atoms with Crippen molar-refractivity contribution in [2.75, 3.05) is 30.8 Å². The summed E-state index contributed by atoms with van der Waals surface area (Å²) in [5.41, 5.74) is 5.41. The van der Waals surface area contributed by atoms with Crippen molar-refractivity contribution < 1.29 is 31.9 Å². The van der Waals surface area contributed by atoms with Crippen molar-refractivity contribution in [2.24, 2.45) is 0 Å². The number of anilines is 2. The van der Waals surface area contributed by atoms with Crippen LogP contribution in [-0.2, 0) is 13.8 Å². The van der Waals surface area contributed by atoms with E-state index >= 15 is 8.78 Å². The topological polar surface area (TPSA) is 136 Å². The molecular weight excluding hydrogens is 497 g/mol. The molecule has 1 fully saturated rings. The Morgan fingerprint density at radius 3 is 3.00 bits per heavy atom. The molecule has 0 radical (unpaired) electrons. The summed E-state index contributed by atoms with van der Waals surface area (Å²) in [5, 5.41) is 3.16. The van der Waals surface area contributed by atoms with Crippen molar-refractivity contribution in [1.82, 2.24) is 19.5 Å². The van der Waals surface area contributed by atoms with Crippen molar-refractivity contribution in [3.8, 4) is 11.6 Å². The van der Waals surface area contributed by atoms with E-state index in [9.17, 15) is 4.57 Å². The number of rotatable bonds is 8. The lowest BCUT2D eigenvalue weighted by Gasteiger charge is -2.22. The summed E-state index contributed by atoms with van der Waals surface area (Å²) < 4.78 is 66.3. The Kier molecular flexibility index (Phi) is 6.23. The van der Waals surface area contributed by atoms with Crippen LogP contribution in [0.15, 0.2) is 30.6 Å². The molecule has 0 saturated carbocycles. The minimum atomic E-state index is -2.78. The summed E-state index contributed by atoms with van der Waals surface area (Å²) in [6.07, 6.45) is 2.79. The second-order valence-corrected chi connectivity index (χ2v) is 9.43. The molecule has 5 rings (SSSR count). The summed E-state index contributed by atoms with van der Waals surface area (Å²) >= 11 is 0. The molecule has 4 unspecified atom stereocenters. The monoisotopic (exact) mass is 521 g/mol. The number of halogens is 2. The van der Waals surface area contributed by atoms with Crippen LogP contribution in [0.1, 0.15) is 32.1 Å². The molecule has 11 nitrogen and oxygen atoms in total. The number of nitrogen functional groups attached to an aromatic ring is 1. The molecule has 4 atom stereocenters. The molecule has 14 heteroatoms. The second-order valence-electron chi connectivity index (χ2n) is 8.54. The number of imidazole rings is 1. The fourth-order valence-corrected chi connectivity index (χ4v) is 4.94. The molecule has 0 bridgehead atoms. The molecule has 2 aromatic heterocycles. The van der Waals surface area contributed by atoms with Gasteiger partial charge in [-0.25, -0.2) is 18.3 Å². The van der Waals surface area contributed by atoms with Gasteiger partial charge in [-0.05, 0) is 26.0 Å². The molecule has 36 heavy (non-hydrogen) atoms. The van der Waals surface area contributed by atoms with Crippen LogP contribution in [0, 0.1) is 0 Å². The average Bonchev–Trinajstić information content (AvgIpc) is 3.35. The number of alkyl halides is 2. The van der Waals surface area contributed by atoms with Gasteiger partial charge in [0, 0.05) is 28.8 Å². The minimum absolute atomic E-state index is 0.120. The van der Waals surface area contributed by atoms with Crippen molar-refractivity contribution in [1.29, 1.82) is 0 Å². The van der Waals surface area contributed by atoms with E-state index < -0.39 is 39.0 Å². The van der Waals surface area contributed by atoms with Crippen molar-refractivity contribution in [3.63, 3.8) is 0 Å². The summed E-state index contributed by atoms with van der Waals surface area (Å²) in [6.45, 7) is 3.07. The molecule has 4 heterocycles. The van der Waals surface area contributed by atoms with E-state index in [0.29, 0.717) is 24.5 Å². The molecule has 2 aliphatic heterocycles. The normalized spacial score (nSPS) is 25.4. The van der Waals surface area contributed by atoms with E-state index in [1.807, 2.05) is 18.2 Å². The molecule has 1 aromatic carbocycles. The van der Waals surface area contributed by atoms with Gasteiger partial charge in [-0.3, -0.25) is 4.57 Å². The molecule has 0 amide bonds. The summed E-state index contributed by atoms with van der Waals surface area (Å²) in [7, 11) is -2.78. The van der Waals surface area contributed by atoms with Crippen LogP contribution < -0.4 is 20.3 Å². The van der Waals surface area contributed by atoms with E-state index in [4.69, 9.17) is 24.3 Å². The van der Waals surface area contributed by atoms with Gasteiger partial charge >= 0.3 is 8.25 Å². The first-order valence-corrected chi connectivity index (χ1v) is 12.3. The number of ether oxygens (including phenoxy) is 2. The first-order chi connectivity index (χ1) is 17.2. The maximum atomic E-state index is 15.6. The minimum Gasteiger partial charge on any atom is -0.476 e. The number of nitrogens with zero attached hydrogens (tertiary/aromatic N) is 4.